The molecule has 3 rings (SSSR count). The highest BCUT2D eigenvalue weighted by molar-refractivity contribution is 7.92. The van der Waals surface area contributed by atoms with Gasteiger partial charge in [-0.25, -0.2) is 8.42 Å². The summed E-state index contributed by atoms with van der Waals surface area (Å²) in [4.78, 5) is 4.25. The fourth-order valence-electron chi connectivity index (χ4n) is 2.05. The van der Waals surface area contributed by atoms with Crippen molar-refractivity contribution in [3.05, 3.63) is 36.1 Å². The minimum Gasteiger partial charge on any atom is -0.361 e. The second-order valence-electron chi connectivity index (χ2n) is 5.10. The van der Waals surface area contributed by atoms with E-state index < -0.39 is 10.0 Å². The van der Waals surface area contributed by atoms with E-state index in [1.807, 2.05) is 0 Å². The highest BCUT2D eigenvalue weighted by atomic mass is 32.2. The number of sulfonamides is 1. The average molecular weight is 349 g/mol. The van der Waals surface area contributed by atoms with Crippen LogP contribution in [0.25, 0.3) is 23.0 Å². The van der Waals surface area contributed by atoms with E-state index in [0.717, 1.165) is 6.26 Å². The van der Waals surface area contributed by atoms with Gasteiger partial charge in [0.2, 0.25) is 15.8 Å². The Morgan fingerprint density at radius 3 is 2.79 bits per heavy atom. The van der Waals surface area contributed by atoms with E-state index in [1.54, 1.807) is 30.3 Å². The zero-order chi connectivity index (χ0) is 17.2. The summed E-state index contributed by atoms with van der Waals surface area (Å²) in [6, 6.07) is 8.35. The number of rotatable bonds is 6. The number of benzene rings is 1. The molecule has 126 valence electrons. The number of aromatic nitrogens is 3. The van der Waals surface area contributed by atoms with Crippen molar-refractivity contribution >= 4 is 15.7 Å². The highest BCUT2D eigenvalue weighted by Crippen LogP contribution is 2.24. The third-order valence-corrected chi connectivity index (χ3v) is 3.63. The maximum Gasteiger partial charge on any atom is 0.280 e. The van der Waals surface area contributed by atoms with Gasteiger partial charge < -0.3 is 14.8 Å². The second kappa shape index (κ2) is 6.42. The SMILES string of the molecule is CS(=O)(=O)Nc1cccc(-c2noc(-c3cc(CCN)on3)n2)c1. The van der Waals surface area contributed by atoms with Crippen LogP contribution in [0.3, 0.4) is 0 Å². The van der Waals surface area contributed by atoms with Crippen LogP contribution in [-0.4, -0.2) is 36.5 Å². The molecule has 24 heavy (non-hydrogen) atoms. The minimum atomic E-state index is -3.36. The molecule has 0 amide bonds. The molecule has 3 aromatic rings. The quantitative estimate of drug-likeness (QED) is 0.678. The lowest BCUT2D eigenvalue weighted by molar-refractivity contribution is 0.379. The van der Waals surface area contributed by atoms with Crippen LogP contribution in [0.15, 0.2) is 39.4 Å². The Kier molecular flexibility index (Phi) is 4.32. The molecule has 2 aromatic heterocycles. The summed E-state index contributed by atoms with van der Waals surface area (Å²) in [6.45, 7) is 0.448. The Balaban J connectivity index is 1.86. The molecule has 0 spiro atoms. The normalized spacial score (nSPS) is 11.6. The Morgan fingerprint density at radius 1 is 1.21 bits per heavy atom. The molecule has 9 nitrogen and oxygen atoms in total. The van der Waals surface area contributed by atoms with E-state index in [0.29, 0.717) is 41.5 Å². The van der Waals surface area contributed by atoms with Gasteiger partial charge in [-0.05, 0) is 18.7 Å². The number of nitrogens with zero attached hydrogens (tertiary/aromatic N) is 3. The molecule has 10 heteroatoms. The number of nitrogens with one attached hydrogen (secondary N) is 1. The van der Waals surface area contributed by atoms with E-state index in [4.69, 9.17) is 14.8 Å². The minimum absolute atomic E-state index is 0.207. The van der Waals surface area contributed by atoms with Crippen LogP contribution in [0, 0.1) is 0 Å². The smallest absolute Gasteiger partial charge is 0.280 e. The Morgan fingerprint density at radius 2 is 2.04 bits per heavy atom. The van der Waals surface area contributed by atoms with Gasteiger partial charge in [0.1, 0.15) is 5.76 Å². The molecule has 1 aromatic carbocycles. The van der Waals surface area contributed by atoms with Crippen molar-refractivity contribution in [2.75, 3.05) is 17.5 Å². The van der Waals surface area contributed by atoms with Gasteiger partial charge in [-0.15, -0.1) is 0 Å². The lowest BCUT2D eigenvalue weighted by Crippen LogP contribution is -2.09. The Bertz CT molecular complexity index is 947. The summed E-state index contributed by atoms with van der Waals surface area (Å²) in [5.74, 6) is 1.15. The van der Waals surface area contributed by atoms with Crippen molar-refractivity contribution in [3.8, 4) is 23.0 Å². The van der Waals surface area contributed by atoms with Gasteiger partial charge in [0.05, 0.1) is 6.26 Å². The summed E-state index contributed by atoms with van der Waals surface area (Å²) >= 11 is 0. The first-order valence-electron chi connectivity index (χ1n) is 7.02. The van der Waals surface area contributed by atoms with Crippen LogP contribution in [0.2, 0.25) is 0 Å². The third kappa shape index (κ3) is 3.78. The third-order valence-electron chi connectivity index (χ3n) is 3.02. The van der Waals surface area contributed by atoms with Gasteiger partial charge in [-0.1, -0.05) is 22.4 Å². The largest absolute Gasteiger partial charge is 0.361 e. The molecule has 0 saturated carbocycles. The predicted molar refractivity (Wildman–Crippen MR) is 86.5 cm³/mol. The molecule has 2 heterocycles. The van der Waals surface area contributed by atoms with Crippen molar-refractivity contribution in [2.45, 2.75) is 6.42 Å². The molecule has 0 saturated heterocycles. The van der Waals surface area contributed by atoms with Crippen molar-refractivity contribution in [2.24, 2.45) is 5.73 Å². The maximum absolute atomic E-state index is 11.3. The number of nitrogens with two attached hydrogens (primary N) is 1. The van der Waals surface area contributed by atoms with Gasteiger partial charge >= 0.3 is 0 Å². The molecule has 0 atom stereocenters. The summed E-state index contributed by atoms with van der Waals surface area (Å²) in [6.07, 6.45) is 1.64. The van der Waals surface area contributed by atoms with Crippen LogP contribution in [0.1, 0.15) is 5.76 Å². The Hall–Kier alpha value is -2.72. The van der Waals surface area contributed by atoms with Crippen LogP contribution < -0.4 is 10.5 Å². The van der Waals surface area contributed by atoms with Crippen LogP contribution in [0.5, 0.6) is 0 Å². The second-order valence-corrected chi connectivity index (χ2v) is 6.84. The van der Waals surface area contributed by atoms with Crippen LogP contribution >= 0.6 is 0 Å². The summed E-state index contributed by atoms with van der Waals surface area (Å²) in [5, 5.41) is 7.75. The van der Waals surface area contributed by atoms with Crippen molar-refractivity contribution in [1.29, 1.82) is 0 Å². The Labute approximate surface area is 137 Å². The molecule has 3 N–H and O–H groups in total. The molecular weight excluding hydrogens is 334 g/mol. The molecule has 0 unspecified atom stereocenters. The van der Waals surface area contributed by atoms with E-state index >= 15 is 0 Å². The highest BCUT2D eigenvalue weighted by Gasteiger charge is 2.15. The van der Waals surface area contributed by atoms with E-state index in [-0.39, 0.29) is 5.89 Å². The fraction of sp³-hybridized carbons (Fsp3) is 0.214. The predicted octanol–water partition coefficient (Wildman–Crippen LogP) is 1.26. The maximum atomic E-state index is 11.3. The van der Waals surface area contributed by atoms with E-state index in [2.05, 4.69) is 20.0 Å². The van der Waals surface area contributed by atoms with Crippen molar-refractivity contribution in [1.82, 2.24) is 15.3 Å². The lowest BCUT2D eigenvalue weighted by Gasteiger charge is -2.04. The van der Waals surface area contributed by atoms with Crippen molar-refractivity contribution < 1.29 is 17.5 Å². The standard InChI is InChI=1S/C14H15N5O4S/c1-24(20,21)19-10-4-2-3-9(7-10)13-16-14(23-18-13)12-8-11(5-6-15)22-17-12/h2-4,7-8,19H,5-6,15H2,1H3. The zero-order valence-electron chi connectivity index (χ0n) is 12.8. The van der Waals surface area contributed by atoms with Crippen molar-refractivity contribution in [3.63, 3.8) is 0 Å². The summed E-state index contributed by atoms with van der Waals surface area (Å²) in [7, 11) is -3.36. The molecular formula is C14H15N5O4S. The number of hydrogen-bond donors (Lipinski definition) is 2. The fourth-order valence-corrected chi connectivity index (χ4v) is 2.61. The van der Waals surface area contributed by atoms with Crippen LogP contribution in [0.4, 0.5) is 5.69 Å². The number of anilines is 1. The van der Waals surface area contributed by atoms with Gasteiger partial charge in [-0.3, -0.25) is 4.72 Å². The summed E-state index contributed by atoms with van der Waals surface area (Å²) in [5.41, 5.74) is 6.89. The monoisotopic (exact) mass is 349 g/mol. The molecule has 0 aliphatic carbocycles. The number of hydrogen-bond acceptors (Lipinski definition) is 8. The zero-order valence-corrected chi connectivity index (χ0v) is 13.6. The van der Waals surface area contributed by atoms with Gasteiger partial charge in [-0.2, -0.15) is 4.98 Å². The van der Waals surface area contributed by atoms with Gasteiger partial charge in [0, 0.05) is 23.7 Å². The molecule has 0 fully saturated rings. The molecule has 0 bridgehead atoms. The van der Waals surface area contributed by atoms with Gasteiger partial charge in [0.25, 0.3) is 5.89 Å². The average Bonchev–Trinajstić information content (AvgIpc) is 3.14. The first-order chi connectivity index (χ1) is 11.4. The molecule has 0 aliphatic rings. The van der Waals surface area contributed by atoms with E-state index in [1.165, 1.54) is 0 Å². The van der Waals surface area contributed by atoms with Gasteiger partial charge in [0.15, 0.2) is 5.69 Å². The molecule has 0 aliphatic heterocycles. The lowest BCUT2D eigenvalue weighted by atomic mass is 10.2. The summed E-state index contributed by atoms with van der Waals surface area (Å²) < 4.78 is 35.3. The van der Waals surface area contributed by atoms with Crippen LogP contribution in [-0.2, 0) is 16.4 Å². The first-order valence-corrected chi connectivity index (χ1v) is 8.92. The topological polar surface area (TPSA) is 137 Å². The first kappa shape index (κ1) is 16.1. The molecule has 0 radical (unpaired) electrons. The van der Waals surface area contributed by atoms with E-state index in [9.17, 15) is 8.42 Å².